The number of carbonyl (C=O) groups excluding carboxylic acids is 1. The van der Waals surface area contributed by atoms with Crippen molar-refractivity contribution in [2.75, 3.05) is 57.5 Å². The number of nitrogens with zero attached hydrogens (tertiary/aromatic N) is 2. The minimum absolute atomic E-state index is 0.0782. The number of quaternary nitrogens is 1. The Balaban J connectivity index is 1.40. The number of hydrogen-bond acceptors (Lipinski definition) is 6. The summed E-state index contributed by atoms with van der Waals surface area (Å²) in [5, 5.41) is 15.4. The van der Waals surface area contributed by atoms with E-state index in [4.69, 9.17) is 4.74 Å². The summed E-state index contributed by atoms with van der Waals surface area (Å²) in [5.74, 6) is 0.632. The third-order valence-electron chi connectivity index (χ3n) is 11.2. The van der Waals surface area contributed by atoms with Crippen molar-refractivity contribution >= 4 is 21.6 Å². The quantitative estimate of drug-likeness (QED) is 0.189. The Morgan fingerprint density at radius 1 is 1.00 bits per heavy atom. The fraction of sp³-hybridized carbons (Fsp3) is 0.649. The minimum Gasteiger partial charge on any atom is -0.410 e. The molecule has 2 atom stereocenters. The molecule has 6 rings (SSSR count). The van der Waals surface area contributed by atoms with Gasteiger partial charge in [-0.15, -0.1) is 0 Å². The summed E-state index contributed by atoms with van der Waals surface area (Å²) in [5.41, 5.74) is 1.42. The van der Waals surface area contributed by atoms with E-state index in [1.807, 2.05) is 43.3 Å². The molecular formula is C37H56N3O5S+. The van der Waals surface area contributed by atoms with Gasteiger partial charge in [-0.1, -0.05) is 51.7 Å². The van der Waals surface area contributed by atoms with Crippen molar-refractivity contribution in [3.63, 3.8) is 0 Å². The Bertz CT molecular complexity index is 1430. The van der Waals surface area contributed by atoms with Gasteiger partial charge in [-0.3, -0.25) is 0 Å². The Morgan fingerprint density at radius 3 is 2.30 bits per heavy atom. The predicted molar refractivity (Wildman–Crippen MR) is 184 cm³/mol. The van der Waals surface area contributed by atoms with Gasteiger partial charge in [0.1, 0.15) is 5.75 Å². The second-order valence-electron chi connectivity index (χ2n) is 14.6. The molecule has 4 aliphatic heterocycles. The van der Waals surface area contributed by atoms with Gasteiger partial charge < -0.3 is 24.5 Å². The summed E-state index contributed by atoms with van der Waals surface area (Å²) < 4.78 is 35.2. The number of benzene rings is 2. The van der Waals surface area contributed by atoms with Crippen LogP contribution in [0.25, 0.3) is 0 Å². The van der Waals surface area contributed by atoms with Crippen LogP contribution >= 0.6 is 0 Å². The van der Waals surface area contributed by atoms with E-state index in [0.29, 0.717) is 30.7 Å². The molecule has 0 unspecified atom stereocenters. The van der Waals surface area contributed by atoms with Crippen molar-refractivity contribution in [1.29, 1.82) is 0 Å². The van der Waals surface area contributed by atoms with Crippen LogP contribution in [0.15, 0.2) is 47.4 Å². The lowest BCUT2D eigenvalue weighted by Gasteiger charge is -2.49. The number of anilines is 1. The van der Waals surface area contributed by atoms with E-state index in [9.17, 15) is 18.3 Å². The first-order valence-corrected chi connectivity index (χ1v) is 19.3. The van der Waals surface area contributed by atoms with Crippen LogP contribution in [0.4, 0.5) is 10.5 Å². The molecule has 2 aromatic carbocycles. The summed E-state index contributed by atoms with van der Waals surface area (Å²) in [6.07, 6.45) is 8.30. The molecule has 1 amide bonds. The maximum absolute atomic E-state index is 14.1. The molecule has 9 heteroatoms. The van der Waals surface area contributed by atoms with Crippen molar-refractivity contribution in [1.82, 2.24) is 5.32 Å². The van der Waals surface area contributed by atoms with Crippen LogP contribution in [-0.2, 0) is 9.84 Å². The van der Waals surface area contributed by atoms with Crippen LogP contribution in [0.5, 0.6) is 5.75 Å². The molecule has 2 N–H and O–H groups in total. The minimum atomic E-state index is -3.69. The van der Waals surface area contributed by atoms with Crippen LogP contribution in [0.2, 0.25) is 0 Å². The molecule has 0 aliphatic carbocycles. The van der Waals surface area contributed by atoms with Crippen LogP contribution in [0.1, 0.15) is 95.1 Å². The lowest BCUT2D eigenvalue weighted by molar-refractivity contribution is -0.942. The Labute approximate surface area is 277 Å². The fourth-order valence-electron chi connectivity index (χ4n) is 8.38. The molecule has 4 aliphatic rings. The van der Waals surface area contributed by atoms with Gasteiger partial charge in [0.25, 0.3) is 0 Å². The predicted octanol–water partition coefficient (Wildman–Crippen LogP) is 6.51. The smallest absolute Gasteiger partial charge is 0.410 e. The van der Waals surface area contributed by atoms with Crippen molar-refractivity contribution in [3.8, 4) is 5.75 Å². The van der Waals surface area contributed by atoms with E-state index in [1.165, 1.54) is 43.4 Å². The van der Waals surface area contributed by atoms with Crippen molar-refractivity contribution in [2.24, 2.45) is 11.3 Å². The molecule has 46 heavy (non-hydrogen) atoms. The standard InChI is InChI=1S/C37H55N3O5S/c1-5-7-18-37(19-8-6-2)27-46(43,44)33-14-13-30(39(3)4)26-32(33)34(35(37)41)29-11-9-12-31(25-29)45-36(42)38-20-10-21-40-22-15-28(16-23-40)17-24-40/h9,11-14,25-26,28,34-35,41H,5-8,10,15-24,27H2,1-4H3/p+1/t28?,34-,35-,40?/m1/s1. The van der Waals surface area contributed by atoms with E-state index in [1.54, 1.807) is 18.2 Å². The third kappa shape index (κ3) is 7.57. The average molecular weight is 655 g/mol. The van der Waals surface area contributed by atoms with Gasteiger partial charge in [-0.2, -0.15) is 0 Å². The van der Waals surface area contributed by atoms with E-state index in [-0.39, 0.29) is 10.6 Å². The molecule has 0 spiro atoms. The van der Waals surface area contributed by atoms with Gasteiger partial charge in [-0.25, -0.2) is 13.2 Å². The molecule has 0 radical (unpaired) electrons. The van der Waals surface area contributed by atoms with Gasteiger partial charge in [0.2, 0.25) is 0 Å². The molecule has 8 nitrogen and oxygen atoms in total. The first-order chi connectivity index (χ1) is 22.0. The van der Waals surface area contributed by atoms with E-state index in [2.05, 4.69) is 19.2 Å². The lowest BCUT2D eigenvalue weighted by Crippen LogP contribution is -2.58. The first-order valence-electron chi connectivity index (χ1n) is 17.6. The highest BCUT2D eigenvalue weighted by atomic mass is 32.2. The lowest BCUT2D eigenvalue weighted by atomic mass is 9.68. The number of hydrogen-bond donors (Lipinski definition) is 2. The molecule has 0 aromatic heterocycles. The fourth-order valence-corrected chi connectivity index (χ4v) is 10.6. The zero-order valence-electron chi connectivity index (χ0n) is 28.5. The molecule has 2 aromatic rings. The SMILES string of the molecule is CCCCC1(CCCC)CS(=O)(=O)c2ccc(N(C)C)cc2[C@@H](c2cccc(OC(=O)NCCC[N+]34CCC(CC3)CC4)c2)[C@H]1O. The average Bonchev–Trinajstić information content (AvgIpc) is 3.12. The first kappa shape index (κ1) is 34.7. The molecule has 254 valence electrons. The molecule has 2 bridgehead atoms. The molecule has 3 saturated heterocycles. The zero-order chi connectivity index (χ0) is 33.0. The van der Waals surface area contributed by atoms with Gasteiger partial charge in [0.05, 0.1) is 42.9 Å². The number of ether oxygens (including phenoxy) is 1. The monoisotopic (exact) mass is 654 g/mol. The Hall–Kier alpha value is -2.62. The largest absolute Gasteiger partial charge is 0.412 e. The number of rotatable bonds is 13. The number of nitrogens with one attached hydrogen (secondary N) is 1. The van der Waals surface area contributed by atoms with E-state index < -0.39 is 33.4 Å². The van der Waals surface area contributed by atoms with Gasteiger partial charge in [-0.05, 0) is 79.5 Å². The number of aliphatic hydroxyl groups excluding tert-OH is 1. The van der Waals surface area contributed by atoms with Gasteiger partial charge in [0, 0.05) is 44.1 Å². The normalized spacial score (nSPS) is 26.2. The summed E-state index contributed by atoms with van der Waals surface area (Å²) >= 11 is 0. The van der Waals surface area contributed by atoms with Crippen LogP contribution in [-0.4, -0.2) is 82.8 Å². The van der Waals surface area contributed by atoms with Crippen LogP contribution < -0.4 is 15.0 Å². The van der Waals surface area contributed by atoms with Crippen LogP contribution in [0.3, 0.4) is 0 Å². The maximum Gasteiger partial charge on any atom is 0.412 e. The summed E-state index contributed by atoms with van der Waals surface area (Å²) in [4.78, 5) is 15.1. The number of sulfone groups is 1. The second kappa shape index (κ2) is 14.7. The Kier molecular flexibility index (Phi) is 11.1. The third-order valence-corrected chi connectivity index (χ3v) is 13.2. The summed E-state index contributed by atoms with van der Waals surface area (Å²) in [7, 11) is 0.162. The zero-order valence-corrected chi connectivity index (χ0v) is 29.3. The second-order valence-corrected chi connectivity index (χ2v) is 16.5. The molecule has 0 saturated carbocycles. The van der Waals surface area contributed by atoms with E-state index in [0.717, 1.165) is 55.8 Å². The molecule has 3 fully saturated rings. The van der Waals surface area contributed by atoms with Crippen molar-refractivity contribution < 1.29 is 27.5 Å². The summed E-state index contributed by atoms with van der Waals surface area (Å²) in [6.45, 7) is 9.68. The highest BCUT2D eigenvalue weighted by Gasteiger charge is 2.49. The molecule has 4 heterocycles. The maximum atomic E-state index is 14.1. The summed E-state index contributed by atoms with van der Waals surface area (Å²) in [6, 6.07) is 12.8. The van der Waals surface area contributed by atoms with Crippen LogP contribution in [0, 0.1) is 11.3 Å². The number of aliphatic hydroxyl groups is 1. The Morgan fingerprint density at radius 2 is 1.67 bits per heavy atom. The van der Waals surface area contributed by atoms with Gasteiger partial charge >= 0.3 is 6.09 Å². The van der Waals surface area contributed by atoms with Crippen molar-refractivity contribution in [2.45, 2.75) is 95.0 Å². The highest BCUT2D eigenvalue weighted by Crippen LogP contribution is 2.50. The van der Waals surface area contributed by atoms with E-state index >= 15 is 0 Å². The topological polar surface area (TPSA) is 95.9 Å². The van der Waals surface area contributed by atoms with Gasteiger partial charge in [0.15, 0.2) is 9.84 Å². The number of piperidine rings is 3. The number of amides is 1. The molecular weight excluding hydrogens is 598 g/mol. The highest BCUT2D eigenvalue weighted by molar-refractivity contribution is 7.91. The van der Waals surface area contributed by atoms with Crippen molar-refractivity contribution in [3.05, 3.63) is 53.6 Å². The number of carbonyl (C=O) groups is 1. The number of fused-ring (bicyclic) bond motifs is 4. The number of unbranched alkanes of at least 4 members (excludes halogenated alkanes) is 2.